The third-order valence-electron chi connectivity index (χ3n) is 4.38. The zero-order valence-electron chi connectivity index (χ0n) is 13.2. The minimum absolute atomic E-state index is 0.00522. The Morgan fingerprint density at radius 1 is 1.33 bits per heavy atom. The van der Waals surface area contributed by atoms with Crippen LogP contribution < -0.4 is 10.0 Å². The number of rotatable bonds is 5. The average Bonchev–Trinajstić information content (AvgIpc) is 2.76. The predicted molar refractivity (Wildman–Crippen MR) is 82.4 cm³/mol. The molecule has 1 heterocycles. The van der Waals surface area contributed by atoms with Crippen LogP contribution in [0.1, 0.15) is 44.4 Å². The highest BCUT2D eigenvalue weighted by molar-refractivity contribution is 7.89. The molecule has 0 bridgehead atoms. The third-order valence-corrected chi connectivity index (χ3v) is 5.84. The zero-order valence-corrected chi connectivity index (χ0v) is 14.0. The van der Waals surface area contributed by atoms with Crippen molar-refractivity contribution in [3.8, 4) is 0 Å². The summed E-state index contributed by atoms with van der Waals surface area (Å²) in [7, 11) is -1.78. The molecule has 3 unspecified atom stereocenters. The van der Waals surface area contributed by atoms with Gasteiger partial charge in [0, 0.05) is 23.8 Å². The van der Waals surface area contributed by atoms with Crippen LogP contribution in [0.2, 0.25) is 0 Å². The first-order valence-electron chi connectivity index (χ1n) is 7.56. The lowest BCUT2D eigenvalue weighted by Gasteiger charge is -2.32. The lowest BCUT2D eigenvalue weighted by Crippen LogP contribution is -2.42. The summed E-state index contributed by atoms with van der Waals surface area (Å²) in [5.74, 6) is 1.03. The molecule has 1 fully saturated rings. The monoisotopic (exact) mass is 314 g/mol. The minimum atomic E-state index is -3.57. The van der Waals surface area contributed by atoms with Crippen molar-refractivity contribution < 1.29 is 8.42 Å². The number of hydrogen-bond donors (Lipinski definition) is 3. The Morgan fingerprint density at radius 2 is 2.05 bits per heavy atom. The Labute approximate surface area is 127 Å². The maximum absolute atomic E-state index is 12.6. The molecule has 0 spiro atoms. The summed E-state index contributed by atoms with van der Waals surface area (Å²) in [4.78, 5) is 0. The summed E-state index contributed by atoms with van der Waals surface area (Å²) in [5.41, 5.74) is 1.50. The average molecular weight is 314 g/mol. The summed E-state index contributed by atoms with van der Waals surface area (Å²) in [6.45, 7) is 6.66. The molecule has 1 aromatic rings. The molecule has 0 radical (unpaired) electrons. The third kappa shape index (κ3) is 3.64. The summed E-state index contributed by atoms with van der Waals surface area (Å²) in [6, 6.07) is 0.00522. The van der Waals surface area contributed by atoms with E-state index in [2.05, 4.69) is 34.1 Å². The lowest BCUT2D eigenvalue weighted by molar-refractivity contribution is 0.249. The number of nitrogens with one attached hydrogen (secondary N) is 3. The van der Waals surface area contributed by atoms with E-state index in [4.69, 9.17) is 0 Å². The van der Waals surface area contributed by atoms with Crippen LogP contribution in [-0.4, -0.2) is 31.7 Å². The summed E-state index contributed by atoms with van der Waals surface area (Å²) in [6.07, 6.45) is 3.03. The summed E-state index contributed by atoms with van der Waals surface area (Å²) < 4.78 is 28.1. The van der Waals surface area contributed by atoms with Gasteiger partial charge in [0.1, 0.15) is 0 Å². The molecule has 6 nitrogen and oxygen atoms in total. The molecule has 1 saturated carbocycles. The van der Waals surface area contributed by atoms with Gasteiger partial charge in [-0.05, 0) is 45.1 Å². The molecule has 0 saturated heterocycles. The molecular weight excluding hydrogens is 288 g/mol. The summed E-state index contributed by atoms with van der Waals surface area (Å²) in [5, 5.41) is 9.89. The molecule has 120 valence electrons. The van der Waals surface area contributed by atoms with Crippen molar-refractivity contribution in [1.29, 1.82) is 0 Å². The van der Waals surface area contributed by atoms with Crippen LogP contribution in [0.3, 0.4) is 0 Å². The Balaban J connectivity index is 2.19. The van der Waals surface area contributed by atoms with Gasteiger partial charge in [0.2, 0.25) is 0 Å². The second-order valence-corrected chi connectivity index (χ2v) is 7.92. The highest BCUT2D eigenvalue weighted by Gasteiger charge is 2.31. The molecule has 3 atom stereocenters. The standard InChI is InChI=1S/C14H26N4O2S/c1-9-5-6-13(10(2)7-9)18-21(19,20)14-12(8-15-4)11(3)16-17-14/h9-10,13,15,18H,5-8H2,1-4H3,(H,16,17). The van der Waals surface area contributed by atoms with Gasteiger partial charge in [-0.2, -0.15) is 5.10 Å². The van der Waals surface area contributed by atoms with Crippen molar-refractivity contribution in [2.24, 2.45) is 11.8 Å². The van der Waals surface area contributed by atoms with E-state index in [-0.39, 0.29) is 11.1 Å². The highest BCUT2D eigenvalue weighted by atomic mass is 32.2. The fourth-order valence-electron chi connectivity index (χ4n) is 3.13. The van der Waals surface area contributed by atoms with Crippen molar-refractivity contribution in [3.63, 3.8) is 0 Å². The van der Waals surface area contributed by atoms with Crippen molar-refractivity contribution in [2.75, 3.05) is 7.05 Å². The molecule has 0 aromatic carbocycles. The van der Waals surface area contributed by atoms with E-state index >= 15 is 0 Å². The maximum Gasteiger partial charge on any atom is 0.260 e. The Kier molecular flexibility index (Phi) is 5.06. The van der Waals surface area contributed by atoms with Gasteiger partial charge < -0.3 is 5.32 Å². The van der Waals surface area contributed by atoms with Crippen LogP contribution in [0.4, 0.5) is 0 Å². The number of nitrogens with zero attached hydrogens (tertiary/aromatic N) is 1. The van der Waals surface area contributed by atoms with E-state index in [1.807, 2.05) is 6.92 Å². The molecule has 21 heavy (non-hydrogen) atoms. The van der Waals surface area contributed by atoms with Gasteiger partial charge in [-0.15, -0.1) is 0 Å². The normalized spacial score (nSPS) is 27.0. The van der Waals surface area contributed by atoms with Gasteiger partial charge >= 0.3 is 0 Å². The van der Waals surface area contributed by atoms with Crippen molar-refractivity contribution in [3.05, 3.63) is 11.3 Å². The molecule has 3 N–H and O–H groups in total. The summed E-state index contributed by atoms with van der Waals surface area (Å²) >= 11 is 0. The van der Waals surface area contributed by atoms with E-state index in [9.17, 15) is 8.42 Å². The Hall–Kier alpha value is -0.920. The van der Waals surface area contributed by atoms with Gasteiger partial charge in [0.05, 0.1) is 0 Å². The molecule has 1 aliphatic carbocycles. The topological polar surface area (TPSA) is 86.9 Å². The number of sulfonamides is 1. The molecule has 1 aromatic heterocycles. The fraction of sp³-hybridized carbons (Fsp3) is 0.786. The molecule has 0 aliphatic heterocycles. The Morgan fingerprint density at radius 3 is 2.67 bits per heavy atom. The number of hydrogen-bond acceptors (Lipinski definition) is 4. The number of aromatic amines is 1. The van der Waals surface area contributed by atoms with E-state index in [0.29, 0.717) is 23.9 Å². The molecule has 1 aliphatic rings. The highest BCUT2D eigenvalue weighted by Crippen LogP contribution is 2.29. The number of aromatic nitrogens is 2. The SMILES string of the molecule is CNCc1c(S(=O)(=O)NC2CCC(C)CC2C)n[nH]c1C. The molecule has 2 rings (SSSR count). The van der Waals surface area contributed by atoms with Crippen LogP contribution in [0, 0.1) is 18.8 Å². The minimum Gasteiger partial charge on any atom is -0.316 e. The largest absolute Gasteiger partial charge is 0.316 e. The van der Waals surface area contributed by atoms with Crippen LogP contribution in [0.25, 0.3) is 0 Å². The predicted octanol–water partition coefficient (Wildman–Crippen LogP) is 1.54. The second kappa shape index (κ2) is 6.46. The van der Waals surface area contributed by atoms with Crippen LogP contribution in [0.5, 0.6) is 0 Å². The van der Waals surface area contributed by atoms with E-state index in [1.54, 1.807) is 7.05 Å². The first kappa shape index (κ1) is 16.5. The number of H-pyrrole nitrogens is 1. The van der Waals surface area contributed by atoms with Crippen molar-refractivity contribution in [2.45, 2.75) is 57.6 Å². The van der Waals surface area contributed by atoms with Gasteiger partial charge in [0.25, 0.3) is 10.0 Å². The fourth-order valence-corrected chi connectivity index (χ4v) is 4.71. The van der Waals surface area contributed by atoms with Gasteiger partial charge in [-0.1, -0.05) is 13.8 Å². The van der Waals surface area contributed by atoms with Crippen LogP contribution in [-0.2, 0) is 16.6 Å². The van der Waals surface area contributed by atoms with Crippen molar-refractivity contribution in [1.82, 2.24) is 20.2 Å². The molecule has 7 heteroatoms. The quantitative estimate of drug-likeness (QED) is 0.769. The molecular formula is C14H26N4O2S. The van der Waals surface area contributed by atoms with Gasteiger partial charge in [-0.25, -0.2) is 13.1 Å². The van der Waals surface area contributed by atoms with Crippen molar-refractivity contribution >= 4 is 10.0 Å². The first-order chi connectivity index (χ1) is 9.85. The lowest BCUT2D eigenvalue weighted by atomic mass is 9.80. The molecule has 0 amide bonds. The maximum atomic E-state index is 12.6. The van der Waals surface area contributed by atoms with E-state index in [1.165, 1.54) is 0 Å². The van der Waals surface area contributed by atoms with E-state index in [0.717, 1.165) is 25.0 Å². The zero-order chi connectivity index (χ0) is 15.6. The smallest absolute Gasteiger partial charge is 0.260 e. The Bertz CT molecular complexity index is 582. The van der Waals surface area contributed by atoms with Crippen LogP contribution in [0.15, 0.2) is 5.03 Å². The number of aryl methyl sites for hydroxylation is 1. The van der Waals surface area contributed by atoms with Crippen LogP contribution >= 0.6 is 0 Å². The first-order valence-corrected chi connectivity index (χ1v) is 9.04. The van der Waals surface area contributed by atoms with Gasteiger partial charge in [-0.3, -0.25) is 5.10 Å². The second-order valence-electron chi connectivity index (χ2n) is 6.29. The van der Waals surface area contributed by atoms with Gasteiger partial charge in [0.15, 0.2) is 5.03 Å². The van der Waals surface area contributed by atoms with E-state index < -0.39 is 10.0 Å².